The monoisotopic (exact) mass is 199 g/mol. The molecule has 0 aliphatic heterocycles. The highest BCUT2D eigenvalue weighted by Gasteiger charge is 2.20. The molecule has 0 bridgehead atoms. The first-order valence-corrected chi connectivity index (χ1v) is 4.37. The number of rotatable bonds is 3. The van der Waals surface area contributed by atoms with Gasteiger partial charge in [0.25, 0.3) is 0 Å². The summed E-state index contributed by atoms with van der Waals surface area (Å²) in [5.74, 6) is -1.42. The van der Waals surface area contributed by atoms with Crippen molar-refractivity contribution >= 4 is 17.6 Å². The van der Waals surface area contributed by atoms with Gasteiger partial charge in [-0.3, -0.25) is 4.79 Å². The van der Waals surface area contributed by atoms with E-state index in [1.807, 2.05) is 6.92 Å². The number of carbonyl (C=O) groups is 1. The first kappa shape index (κ1) is 9.99. The minimum absolute atomic E-state index is 0.275. The minimum Gasteiger partial charge on any atom is -0.481 e. The molecular formula is C9H10ClNO2. The van der Waals surface area contributed by atoms with E-state index in [-0.39, 0.29) is 5.15 Å². The molecule has 4 heteroatoms. The topological polar surface area (TPSA) is 50.2 Å². The zero-order valence-corrected chi connectivity index (χ0v) is 7.95. The molecule has 13 heavy (non-hydrogen) atoms. The number of pyridine rings is 1. The summed E-state index contributed by atoms with van der Waals surface area (Å²) in [6, 6.07) is 3.38. The lowest BCUT2D eigenvalue weighted by atomic mass is 9.99. The summed E-state index contributed by atoms with van der Waals surface area (Å²) in [7, 11) is 0. The molecule has 0 saturated heterocycles. The summed E-state index contributed by atoms with van der Waals surface area (Å²) in [5, 5.41) is 9.14. The van der Waals surface area contributed by atoms with Crippen molar-refractivity contribution in [1.82, 2.24) is 4.98 Å². The summed E-state index contributed by atoms with van der Waals surface area (Å²) < 4.78 is 0. The number of aromatic nitrogens is 1. The minimum atomic E-state index is -0.864. The average molecular weight is 200 g/mol. The van der Waals surface area contributed by atoms with Crippen LogP contribution in [-0.4, -0.2) is 16.1 Å². The normalized spacial score (nSPS) is 12.5. The van der Waals surface area contributed by atoms with Crippen LogP contribution >= 0.6 is 11.6 Å². The van der Waals surface area contributed by atoms with Gasteiger partial charge in [-0.2, -0.15) is 0 Å². The molecule has 1 atom stereocenters. The molecule has 1 rings (SSSR count). The Kier molecular flexibility index (Phi) is 3.25. The standard InChI is InChI=1S/C9H10ClNO2/c1-2-6(9(12)13)7-4-3-5-11-8(7)10/h3-6H,2H2,1H3,(H,12,13). The maximum absolute atomic E-state index is 10.8. The summed E-state index contributed by atoms with van der Waals surface area (Å²) in [6.45, 7) is 1.81. The van der Waals surface area contributed by atoms with Crippen LogP contribution < -0.4 is 0 Å². The molecule has 0 fully saturated rings. The third-order valence-corrected chi connectivity index (χ3v) is 2.19. The zero-order valence-electron chi connectivity index (χ0n) is 7.20. The number of nitrogens with zero attached hydrogens (tertiary/aromatic N) is 1. The Labute approximate surface area is 81.4 Å². The second-order valence-corrected chi connectivity index (χ2v) is 3.04. The van der Waals surface area contributed by atoms with E-state index < -0.39 is 11.9 Å². The van der Waals surface area contributed by atoms with E-state index in [4.69, 9.17) is 16.7 Å². The van der Waals surface area contributed by atoms with Gasteiger partial charge in [0.15, 0.2) is 0 Å². The molecule has 0 aliphatic rings. The third-order valence-electron chi connectivity index (χ3n) is 1.87. The van der Waals surface area contributed by atoms with Gasteiger partial charge < -0.3 is 5.11 Å². The molecule has 0 spiro atoms. The lowest BCUT2D eigenvalue weighted by molar-refractivity contribution is -0.138. The summed E-state index contributed by atoms with van der Waals surface area (Å²) in [4.78, 5) is 14.6. The first-order chi connectivity index (χ1) is 6.16. The Morgan fingerprint density at radius 2 is 2.46 bits per heavy atom. The number of halogens is 1. The third kappa shape index (κ3) is 2.18. The largest absolute Gasteiger partial charge is 0.481 e. The van der Waals surface area contributed by atoms with Gasteiger partial charge in [-0.15, -0.1) is 0 Å². The Morgan fingerprint density at radius 1 is 1.77 bits per heavy atom. The molecular weight excluding hydrogens is 190 g/mol. The Bertz CT molecular complexity index is 314. The number of carboxylic acid groups (broad SMARTS) is 1. The maximum Gasteiger partial charge on any atom is 0.311 e. The molecule has 3 nitrogen and oxygen atoms in total. The predicted octanol–water partition coefficient (Wildman–Crippen LogP) is 2.31. The predicted molar refractivity (Wildman–Crippen MR) is 49.9 cm³/mol. The molecule has 1 heterocycles. The zero-order chi connectivity index (χ0) is 9.84. The highest BCUT2D eigenvalue weighted by atomic mass is 35.5. The molecule has 0 amide bonds. The molecule has 70 valence electrons. The van der Waals surface area contributed by atoms with Crippen molar-refractivity contribution in [3.05, 3.63) is 29.0 Å². The van der Waals surface area contributed by atoms with Gasteiger partial charge in [0.05, 0.1) is 5.92 Å². The van der Waals surface area contributed by atoms with Crippen LogP contribution in [-0.2, 0) is 4.79 Å². The summed E-state index contributed by atoms with van der Waals surface area (Å²) in [5.41, 5.74) is 0.583. The first-order valence-electron chi connectivity index (χ1n) is 4.00. The van der Waals surface area contributed by atoms with E-state index in [9.17, 15) is 4.79 Å². The second kappa shape index (κ2) is 4.23. The van der Waals surface area contributed by atoms with Crippen molar-refractivity contribution < 1.29 is 9.90 Å². The van der Waals surface area contributed by atoms with Gasteiger partial charge in [0.2, 0.25) is 0 Å². The van der Waals surface area contributed by atoms with Crippen LogP contribution in [0.15, 0.2) is 18.3 Å². The van der Waals surface area contributed by atoms with Crippen LogP contribution in [0.3, 0.4) is 0 Å². The molecule has 1 aromatic rings. The lowest BCUT2D eigenvalue weighted by Gasteiger charge is -2.10. The van der Waals surface area contributed by atoms with E-state index in [1.54, 1.807) is 18.3 Å². The smallest absolute Gasteiger partial charge is 0.311 e. The van der Waals surface area contributed by atoms with Crippen LogP contribution in [0.5, 0.6) is 0 Å². The number of aliphatic carboxylic acids is 1. The average Bonchev–Trinajstić information content (AvgIpc) is 2.09. The van der Waals surface area contributed by atoms with Gasteiger partial charge in [0, 0.05) is 11.8 Å². The fourth-order valence-electron chi connectivity index (χ4n) is 1.19. The molecule has 0 aliphatic carbocycles. The Hall–Kier alpha value is -1.09. The van der Waals surface area contributed by atoms with Crippen LogP contribution in [0.1, 0.15) is 24.8 Å². The van der Waals surface area contributed by atoms with Gasteiger partial charge in [-0.25, -0.2) is 4.98 Å². The number of hydrogen-bond acceptors (Lipinski definition) is 2. The van der Waals surface area contributed by atoms with E-state index in [0.29, 0.717) is 12.0 Å². The fraction of sp³-hybridized carbons (Fsp3) is 0.333. The maximum atomic E-state index is 10.8. The van der Waals surface area contributed by atoms with Crippen molar-refractivity contribution in [2.45, 2.75) is 19.3 Å². The molecule has 1 aromatic heterocycles. The van der Waals surface area contributed by atoms with Crippen molar-refractivity contribution in [3.63, 3.8) is 0 Å². The summed E-state index contributed by atoms with van der Waals surface area (Å²) >= 11 is 5.77. The quantitative estimate of drug-likeness (QED) is 0.760. The molecule has 1 unspecified atom stereocenters. The molecule has 0 radical (unpaired) electrons. The SMILES string of the molecule is CCC(C(=O)O)c1cccnc1Cl. The molecule has 0 saturated carbocycles. The van der Waals surface area contributed by atoms with E-state index >= 15 is 0 Å². The van der Waals surface area contributed by atoms with E-state index in [0.717, 1.165) is 0 Å². The van der Waals surface area contributed by atoms with Crippen LogP contribution in [0, 0.1) is 0 Å². The highest BCUT2D eigenvalue weighted by molar-refractivity contribution is 6.30. The Balaban J connectivity index is 3.04. The van der Waals surface area contributed by atoms with Crippen LogP contribution in [0.25, 0.3) is 0 Å². The summed E-state index contributed by atoms with van der Waals surface area (Å²) in [6.07, 6.45) is 2.06. The van der Waals surface area contributed by atoms with Crippen LogP contribution in [0.4, 0.5) is 0 Å². The van der Waals surface area contributed by atoms with Gasteiger partial charge in [0.1, 0.15) is 5.15 Å². The number of hydrogen-bond donors (Lipinski definition) is 1. The molecule has 0 aromatic carbocycles. The van der Waals surface area contributed by atoms with Crippen LogP contribution in [0.2, 0.25) is 5.15 Å². The van der Waals surface area contributed by atoms with Crippen molar-refractivity contribution in [2.24, 2.45) is 0 Å². The number of carboxylic acids is 1. The van der Waals surface area contributed by atoms with Crippen molar-refractivity contribution in [2.75, 3.05) is 0 Å². The fourth-order valence-corrected chi connectivity index (χ4v) is 1.44. The van der Waals surface area contributed by atoms with E-state index in [2.05, 4.69) is 4.98 Å². The van der Waals surface area contributed by atoms with Crippen molar-refractivity contribution in [1.29, 1.82) is 0 Å². The molecule has 1 N–H and O–H groups in total. The van der Waals surface area contributed by atoms with Crippen molar-refractivity contribution in [3.8, 4) is 0 Å². The van der Waals surface area contributed by atoms with Gasteiger partial charge >= 0.3 is 5.97 Å². The van der Waals surface area contributed by atoms with E-state index in [1.165, 1.54) is 0 Å². The second-order valence-electron chi connectivity index (χ2n) is 2.68. The lowest BCUT2D eigenvalue weighted by Crippen LogP contribution is -2.11. The highest BCUT2D eigenvalue weighted by Crippen LogP contribution is 2.24. The Morgan fingerprint density at radius 3 is 2.92 bits per heavy atom. The van der Waals surface area contributed by atoms with Gasteiger partial charge in [-0.05, 0) is 12.5 Å². The van der Waals surface area contributed by atoms with Gasteiger partial charge in [-0.1, -0.05) is 24.6 Å².